The molecule has 1 aromatic heterocycles. The van der Waals surface area contributed by atoms with E-state index in [1.54, 1.807) is 6.20 Å². The third-order valence-corrected chi connectivity index (χ3v) is 5.40. The van der Waals surface area contributed by atoms with Gasteiger partial charge in [0.15, 0.2) is 0 Å². The number of benzene rings is 2. The molecule has 4 rings (SSSR count). The van der Waals surface area contributed by atoms with E-state index >= 15 is 0 Å². The van der Waals surface area contributed by atoms with Crippen LogP contribution in [-0.4, -0.2) is 33.8 Å². The molecule has 28 heavy (non-hydrogen) atoms. The molecule has 1 fully saturated rings. The Hall–Kier alpha value is -2.63. The van der Waals surface area contributed by atoms with Crippen LogP contribution >= 0.6 is 11.6 Å². The van der Waals surface area contributed by atoms with Gasteiger partial charge in [0.2, 0.25) is 0 Å². The fourth-order valence-corrected chi connectivity index (χ4v) is 3.85. The first-order valence-corrected chi connectivity index (χ1v) is 9.94. The normalized spacial score (nSPS) is 17.4. The third kappa shape index (κ3) is 4.26. The molecule has 6 heteroatoms. The zero-order valence-electron chi connectivity index (χ0n) is 15.6. The van der Waals surface area contributed by atoms with Gasteiger partial charge in [-0.3, -0.25) is 9.69 Å². The molecule has 1 atom stereocenters. The summed E-state index contributed by atoms with van der Waals surface area (Å²) >= 11 is 6.38. The summed E-state index contributed by atoms with van der Waals surface area (Å²) in [5.74, 6) is 0. The second-order valence-electron chi connectivity index (χ2n) is 7.13. The Bertz CT molecular complexity index is 975. The summed E-state index contributed by atoms with van der Waals surface area (Å²) in [7, 11) is 0. The van der Waals surface area contributed by atoms with E-state index in [0.717, 1.165) is 32.5 Å². The first-order chi connectivity index (χ1) is 13.7. The molecule has 1 aliphatic heterocycles. The van der Waals surface area contributed by atoms with Crippen LogP contribution in [0.3, 0.4) is 0 Å². The average molecular weight is 395 g/mol. The van der Waals surface area contributed by atoms with Crippen molar-refractivity contribution < 1.29 is 0 Å². The van der Waals surface area contributed by atoms with E-state index in [4.69, 9.17) is 11.6 Å². The lowest BCUT2D eigenvalue weighted by molar-refractivity contribution is 0.208. The maximum Gasteiger partial charge on any atom is 0.292 e. The first-order valence-electron chi connectivity index (χ1n) is 9.57. The van der Waals surface area contributed by atoms with E-state index in [2.05, 4.69) is 39.6 Å². The molecule has 3 aromatic rings. The fraction of sp³-hybridized carbons (Fsp3) is 0.273. The molecule has 0 saturated carbocycles. The number of piperidine rings is 1. The molecule has 0 amide bonds. The zero-order chi connectivity index (χ0) is 19.3. The van der Waals surface area contributed by atoms with Gasteiger partial charge in [-0.25, -0.2) is 0 Å². The predicted octanol–water partition coefficient (Wildman–Crippen LogP) is 3.96. The molecule has 0 aliphatic carbocycles. The highest BCUT2D eigenvalue weighted by Gasteiger charge is 2.21. The summed E-state index contributed by atoms with van der Waals surface area (Å²) in [5.41, 5.74) is 2.31. The summed E-state index contributed by atoms with van der Waals surface area (Å²) in [4.78, 5) is 15.1. The van der Waals surface area contributed by atoms with Crippen LogP contribution in [0.2, 0.25) is 5.02 Å². The molecule has 0 spiro atoms. The molecule has 1 unspecified atom stereocenters. The van der Waals surface area contributed by atoms with Gasteiger partial charge < -0.3 is 5.32 Å². The van der Waals surface area contributed by atoms with Crippen LogP contribution in [0.25, 0.3) is 5.69 Å². The topological polar surface area (TPSA) is 50.2 Å². The van der Waals surface area contributed by atoms with Gasteiger partial charge in [0.1, 0.15) is 5.02 Å². The standard InChI is InChI=1S/C22H23ClN4O/c23-21-20(14-24-27(22(21)28)19-11-5-2-6-12-19)25-18-10-7-13-26(16-18)15-17-8-3-1-4-9-17/h1-6,8-9,11-12,14,18,25H,7,10,13,15-16H2. The van der Waals surface area contributed by atoms with Gasteiger partial charge in [0, 0.05) is 19.1 Å². The Morgan fingerprint density at radius 1 is 1.07 bits per heavy atom. The number of hydrogen-bond donors (Lipinski definition) is 1. The number of nitrogens with zero attached hydrogens (tertiary/aromatic N) is 3. The van der Waals surface area contributed by atoms with Gasteiger partial charge in [0.05, 0.1) is 17.6 Å². The fourth-order valence-electron chi connectivity index (χ4n) is 3.67. The Balaban J connectivity index is 1.46. The van der Waals surface area contributed by atoms with Crippen molar-refractivity contribution in [2.24, 2.45) is 0 Å². The van der Waals surface area contributed by atoms with E-state index < -0.39 is 0 Å². The van der Waals surface area contributed by atoms with Gasteiger partial charge in [0.25, 0.3) is 5.56 Å². The van der Waals surface area contributed by atoms with Crippen molar-refractivity contribution in [2.45, 2.75) is 25.4 Å². The number of halogens is 1. The van der Waals surface area contributed by atoms with Crippen molar-refractivity contribution in [2.75, 3.05) is 18.4 Å². The molecule has 1 N–H and O–H groups in total. The van der Waals surface area contributed by atoms with E-state index in [1.165, 1.54) is 10.2 Å². The number of anilines is 1. The first kappa shape index (κ1) is 18.7. The van der Waals surface area contributed by atoms with Crippen molar-refractivity contribution in [3.8, 4) is 5.69 Å². The monoisotopic (exact) mass is 394 g/mol. The molecule has 0 bridgehead atoms. The summed E-state index contributed by atoms with van der Waals surface area (Å²) in [6, 6.07) is 20.0. The van der Waals surface area contributed by atoms with Crippen molar-refractivity contribution in [1.82, 2.24) is 14.7 Å². The number of aromatic nitrogens is 2. The van der Waals surface area contributed by atoms with Crippen LogP contribution in [0.15, 0.2) is 71.7 Å². The molecular formula is C22H23ClN4O. The van der Waals surface area contributed by atoms with E-state index in [0.29, 0.717) is 11.4 Å². The highest BCUT2D eigenvalue weighted by molar-refractivity contribution is 6.33. The van der Waals surface area contributed by atoms with Crippen molar-refractivity contribution in [1.29, 1.82) is 0 Å². The van der Waals surface area contributed by atoms with Gasteiger partial charge in [-0.15, -0.1) is 0 Å². The SMILES string of the molecule is O=c1c(Cl)c(NC2CCCN(Cc3ccccc3)C2)cnn1-c1ccccc1. The highest BCUT2D eigenvalue weighted by atomic mass is 35.5. The molecule has 0 radical (unpaired) electrons. The number of para-hydroxylation sites is 1. The number of likely N-dealkylation sites (tertiary alicyclic amines) is 1. The Kier molecular flexibility index (Phi) is 5.74. The van der Waals surface area contributed by atoms with Gasteiger partial charge in [-0.1, -0.05) is 60.1 Å². The summed E-state index contributed by atoms with van der Waals surface area (Å²) in [6.07, 6.45) is 3.80. The van der Waals surface area contributed by atoms with Crippen LogP contribution in [0.1, 0.15) is 18.4 Å². The van der Waals surface area contributed by atoms with Gasteiger partial charge in [-0.05, 0) is 37.1 Å². The summed E-state index contributed by atoms with van der Waals surface area (Å²) in [5, 5.41) is 7.92. The Labute approximate surface area is 169 Å². The molecule has 1 aliphatic rings. The van der Waals surface area contributed by atoms with Gasteiger partial charge >= 0.3 is 0 Å². The minimum Gasteiger partial charge on any atom is -0.378 e. The molecular weight excluding hydrogens is 372 g/mol. The molecule has 2 aromatic carbocycles. The van der Waals surface area contributed by atoms with E-state index in [-0.39, 0.29) is 16.6 Å². The molecule has 5 nitrogen and oxygen atoms in total. The highest BCUT2D eigenvalue weighted by Crippen LogP contribution is 2.22. The number of hydrogen-bond acceptors (Lipinski definition) is 4. The van der Waals surface area contributed by atoms with Crippen molar-refractivity contribution in [3.63, 3.8) is 0 Å². The number of rotatable bonds is 5. The van der Waals surface area contributed by atoms with E-state index in [1.807, 2.05) is 36.4 Å². The zero-order valence-corrected chi connectivity index (χ0v) is 16.3. The van der Waals surface area contributed by atoms with Crippen LogP contribution in [0.5, 0.6) is 0 Å². The smallest absolute Gasteiger partial charge is 0.292 e. The minimum absolute atomic E-state index is 0.180. The predicted molar refractivity (Wildman–Crippen MR) is 113 cm³/mol. The van der Waals surface area contributed by atoms with Crippen LogP contribution in [0.4, 0.5) is 5.69 Å². The largest absolute Gasteiger partial charge is 0.378 e. The average Bonchev–Trinajstić information content (AvgIpc) is 2.73. The lowest BCUT2D eigenvalue weighted by atomic mass is 10.0. The number of nitrogens with one attached hydrogen (secondary N) is 1. The summed E-state index contributed by atoms with van der Waals surface area (Å²) in [6.45, 7) is 2.92. The second kappa shape index (κ2) is 8.59. The maximum absolute atomic E-state index is 12.7. The van der Waals surface area contributed by atoms with Crippen molar-refractivity contribution >= 4 is 17.3 Å². The molecule has 144 valence electrons. The quantitative estimate of drug-likeness (QED) is 0.711. The summed E-state index contributed by atoms with van der Waals surface area (Å²) < 4.78 is 1.33. The van der Waals surface area contributed by atoms with Crippen LogP contribution in [-0.2, 0) is 6.54 Å². The lowest BCUT2D eigenvalue weighted by Gasteiger charge is -2.33. The van der Waals surface area contributed by atoms with Gasteiger partial charge in [-0.2, -0.15) is 9.78 Å². The third-order valence-electron chi connectivity index (χ3n) is 5.03. The molecule has 1 saturated heterocycles. The Morgan fingerprint density at radius 3 is 2.54 bits per heavy atom. The second-order valence-corrected chi connectivity index (χ2v) is 7.51. The minimum atomic E-state index is -0.310. The Morgan fingerprint density at radius 2 is 1.79 bits per heavy atom. The van der Waals surface area contributed by atoms with Crippen LogP contribution < -0.4 is 10.9 Å². The van der Waals surface area contributed by atoms with Crippen LogP contribution in [0, 0.1) is 0 Å². The maximum atomic E-state index is 12.7. The van der Waals surface area contributed by atoms with E-state index in [9.17, 15) is 4.79 Å². The van der Waals surface area contributed by atoms with Crippen molar-refractivity contribution in [3.05, 3.63) is 87.8 Å². The molecule has 2 heterocycles. The lowest BCUT2D eigenvalue weighted by Crippen LogP contribution is -2.42.